The van der Waals surface area contributed by atoms with Gasteiger partial charge in [-0.1, -0.05) is 18.2 Å². The van der Waals surface area contributed by atoms with Crippen LogP contribution in [0.4, 0.5) is 0 Å². The van der Waals surface area contributed by atoms with Gasteiger partial charge in [-0.2, -0.15) is 0 Å². The third-order valence-electron chi connectivity index (χ3n) is 2.02. The van der Waals surface area contributed by atoms with Gasteiger partial charge in [0.1, 0.15) is 5.69 Å². The van der Waals surface area contributed by atoms with E-state index in [1.165, 1.54) is 0 Å². The smallest absolute Gasteiger partial charge is 0.249 e. The lowest BCUT2D eigenvalue weighted by Crippen LogP contribution is -2.21. The summed E-state index contributed by atoms with van der Waals surface area (Å²) in [6.45, 7) is 0. The van der Waals surface area contributed by atoms with Crippen molar-refractivity contribution in [2.45, 2.75) is 0 Å². The van der Waals surface area contributed by atoms with Crippen molar-refractivity contribution in [1.29, 1.82) is 0 Å². The molecule has 0 aliphatic carbocycles. The molecule has 1 aromatic carbocycles. The molecule has 2 bridgehead atoms. The van der Waals surface area contributed by atoms with E-state index in [4.69, 9.17) is 0 Å². The first kappa shape index (κ1) is 5.83. The van der Waals surface area contributed by atoms with Crippen LogP contribution in [0.5, 0.6) is 0 Å². The molecular weight excluding hydrogens is 152 g/mol. The van der Waals surface area contributed by atoms with E-state index in [1.807, 2.05) is 24.3 Å². The number of hydrogen-bond acceptors (Lipinski definition) is 3. The summed E-state index contributed by atoms with van der Waals surface area (Å²) in [6.07, 6.45) is 0. The van der Waals surface area contributed by atoms with Gasteiger partial charge in [0.25, 0.3) is 0 Å². The predicted molar refractivity (Wildman–Crippen MR) is 43.0 cm³/mol. The standard InChI is InChI=1S/C9H4N2O/c12-8-7-5-3-1-2-4-6(5)10-9(8)11-7/h1-4H. The van der Waals surface area contributed by atoms with E-state index < -0.39 is 0 Å². The number of benzene rings is 1. The lowest BCUT2D eigenvalue weighted by Gasteiger charge is -2.12. The van der Waals surface area contributed by atoms with Crippen LogP contribution in [0.15, 0.2) is 24.3 Å². The van der Waals surface area contributed by atoms with Crippen molar-refractivity contribution < 1.29 is 4.79 Å². The molecular formula is C9H4N2O. The fourth-order valence-electron chi connectivity index (χ4n) is 1.40. The molecule has 2 aliphatic rings. The number of hydrogen-bond donors (Lipinski definition) is 0. The number of aromatic nitrogens is 2. The van der Waals surface area contributed by atoms with Gasteiger partial charge >= 0.3 is 0 Å². The highest BCUT2D eigenvalue weighted by atomic mass is 16.1. The van der Waals surface area contributed by atoms with E-state index in [9.17, 15) is 4.79 Å². The molecule has 0 saturated heterocycles. The van der Waals surface area contributed by atoms with Crippen molar-refractivity contribution in [3.8, 4) is 0 Å². The summed E-state index contributed by atoms with van der Waals surface area (Å²) in [4.78, 5) is 19.2. The minimum absolute atomic E-state index is 0.0197. The normalized spacial score (nSPS) is 13.2. The van der Waals surface area contributed by atoms with Gasteiger partial charge in [0.15, 0.2) is 0 Å². The Bertz CT molecular complexity index is 505. The maximum absolute atomic E-state index is 11.1. The number of rotatable bonds is 0. The third-order valence-corrected chi connectivity index (χ3v) is 2.02. The van der Waals surface area contributed by atoms with Crippen LogP contribution in [0, 0.1) is 0 Å². The molecule has 0 radical (unpaired) electrons. The van der Waals surface area contributed by atoms with E-state index in [0.717, 1.165) is 10.9 Å². The van der Waals surface area contributed by atoms with Crippen molar-refractivity contribution in [3.63, 3.8) is 0 Å². The molecule has 2 aliphatic heterocycles. The molecule has 0 amide bonds. The van der Waals surface area contributed by atoms with Gasteiger partial charge in [0, 0.05) is 5.39 Å². The molecule has 1 aromatic heterocycles. The zero-order chi connectivity index (χ0) is 8.13. The largest absolute Gasteiger partial charge is 0.283 e. The summed E-state index contributed by atoms with van der Waals surface area (Å²) in [6, 6.07) is 7.54. The topological polar surface area (TPSA) is 42.9 Å². The first-order chi connectivity index (χ1) is 5.86. The molecule has 3 heterocycles. The maximum Gasteiger partial charge on any atom is 0.249 e. The summed E-state index contributed by atoms with van der Waals surface area (Å²) >= 11 is 0. The molecule has 0 fully saturated rings. The molecule has 0 atom stereocenters. The van der Waals surface area contributed by atoms with E-state index >= 15 is 0 Å². The molecule has 4 rings (SSSR count). The lowest BCUT2D eigenvalue weighted by molar-refractivity contribution is 0.0999. The number of carbonyl (C=O) groups excluding carboxylic acids is 1. The van der Waals surface area contributed by atoms with E-state index in [2.05, 4.69) is 9.97 Å². The summed E-state index contributed by atoms with van der Waals surface area (Å²) < 4.78 is 0. The monoisotopic (exact) mass is 156 g/mol. The molecule has 3 heteroatoms. The molecule has 12 heavy (non-hydrogen) atoms. The maximum atomic E-state index is 11.1. The van der Waals surface area contributed by atoms with Crippen LogP contribution in [0.2, 0.25) is 0 Å². The molecule has 56 valence electrons. The first-order valence-electron chi connectivity index (χ1n) is 3.68. The molecule has 0 unspecified atom stereocenters. The SMILES string of the molecule is O=C1c2nc1c1ccccc1n2. The van der Waals surface area contributed by atoms with Gasteiger partial charge in [-0.25, -0.2) is 9.97 Å². The number of carbonyl (C=O) groups is 1. The summed E-state index contributed by atoms with van der Waals surface area (Å²) in [7, 11) is 0. The first-order valence-corrected chi connectivity index (χ1v) is 3.68. The Morgan fingerprint density at radius 3 is 2.75 bits per heavy atom. The van der Waals surface area contributed by atoms with Gasteiger partial charge in [-0.3, -0.25) is 4.79 Å². The van der Waals surface area contributed by atoms with Gasteiger partial charge in [-0.15, -0.1) is 0 Å². The number of nitrogens with zero attached hydrogens (tertiary/aromatic N) is 2. The summed E-state index contributed by atoms with van der Waals surface area (Å²) in [5.41, 5.74) is 1.42. The average molecular weight is 156 g/mol. The Kier molecular flexibility index (Phi) is 0.821. The highest BCUT2D eigenvalue weighted by Gasteiger charge is 2.27. The Morgan fingerprint density at radius 2 is 1.92 bits per heavy atom. The fraction of sp³-hybridized carbons (Fsp3) is 0. The summed E-state index contributed by atoms with van der Waals surface area (Å²) in [5, 5.41) is 0.859. The van der Waals surface area contributed by atoms with Crippen LogP contribution in [0.3, 0.4) is 0 Å². The van der Waals surface area contributed by atoms with Crippen LogP contribution >= 0.6 is 0 Å². The van der Waals surface area contributed by atoms with Crippen molar-refractivity contribution >= 4 is 16.7 Å². The fourth-order valence-corrected chi connectivity index (χ4v) is 1.40. The minimum atomic E-state index is -0.0197. The Balaban J connectivity index is 2.57. The Labute approximate surface area is 68.1 Å². The second-order valence-electron chi connectivity index (χ2n) is 2.74. The van der Waals surface area contributed by atoms with Crippen LogP contribution in [0.1, 0.15) is 16.3 Å². The van der Waals surface area contributed by atoms with Gasteiger partial charge in [-0.05, 0) is 6.07 Å². The van der Waals surface area contributed by atoms with E-state index in [0.29, 0.717) is 11.5 Å². The van der Waals surface area contributed by atoms with Crippen LogP contribution in [-0.2, 0) is 0 Å². The Morgan fingerprint density at radius 1 is 1.08 bits per heavy atom. The number of para-hydroxylation sites is 1. The highest BCUT2D eigenvalue weighted by Crippen LogP contribution is 2.23. The van der Waals surface area contributed by atoms with Gasteiger partial charge in [0.05, 0.1) is 5.52 Å². The average Bonchev–Trinajstić information content (AvgIpc) is 2.16. The molecule has 0 spiro atoms. The quantitative estimate of drug-likeness (QED) is 0.490. The molecule has 3 nitrogen and oxygen atoms in total. The zero-order valence-electron chi connectivity index (χ0n) is 6.11. The van der Waals surface area contributed by atoms with E-state index in [1.54, 1.807) is 0 Å². The molecule has 0 N–H and O–H groups in total. The minimum Gasteiger partial charge on any atom is -0.283 e. The summed E-state index contributed by atoms with van der Waals surface area (Å²) in [5.74, 6) is 0.331. The third kappa shape index (κ3) is 0.504. The van der Waals surface area contributed by atoms with Crippen molar-refractivity contribution in [1.82, 2.24) is 9.97 Å². The predicted octanol–water partition coefficient (Wildman–Crippen LogP) is 1.17. The second kappa shape index (κ2) is 1.69. The second-order valence-corrected chi connectivity index (χ2v) is 2.74. The van der Waals surface area contributed by atoms with Crippen molar-refractivity contribution in [2.75, 3.05) is 0 Å². The molecule has 2 aromatic rings. The number of ketones is 1. The van der Waals surface area contributed by atoms with Crippen molar-refractivity contribution in [3.05, 3.63) is 35.8 Å². The van der Waals surface area contributed by atoms with Crippen LogP contribution < -0.4 is 0 Å². The van der Waals surface area contributed by atoms with Crippen LogP contribution in [-0.4, -0.2) is 15.8 Å². The van der Waals surface area contributed by atoms with Gasteiger partial charge in [0.2, 0.25) is 11.6 Å². The van der Waals surface area contributed by atoms with E-state index in [-0.39, 0.29) is 5.78 Å². The lowest BCUT2D eigenvalue weighted by atomic mass is 10.0. The van der Waals surface area contributed by atoms with Gasteiger partial charge < -0.3 is 0 Å². The zero-order valence-corrected chi connectivity index (χ0v) is 6.11. The highest BCUT2D eigenvalue weighted by molar-refractivity contribution is 6.18. The van der Waals surface area contributed by atoms with Crippen molar-refractivity contribution in [2.24, 2.45) is 0 Å². The Hall–Kier alpha value is -1.77. The molecule has 0 saturated carbocycles. The van der Waals surface area contributed by atoms with Crippen LogP contribution in [0.25, 0.3) is 10.9 Å².